The van der Waals surface area contributed by atoms with E-state index >= 15 is 0 Å². The zero-order chi connectivity index (χ0) is 17.8. The Kier molecular flexibility index (Phi) is 3.21. The molecular weight excluding hydrogens is 340 g/mol. The maximum atomic E-state index is 14.3. The van der Waals surface area contributed by atoms with Gasteiger partial charge in [-0.05, 0) is 36.2 Å². The van der Waals surface area contributed by atoms with Crippen LogP contribution in [-0.4, -0.2) is 25.9 Å². The van der Waals surface area contributed by atoms with E-state index in [4.69, 9.17) is 0 Å². The van der Waals surface area contributed by atoms with Crippen LogP contribution in [-0.2, 0) is 0 Å². The molecule has 5 nitrogen and oxygen atoms in total. The van der Waals surface area contributed by atoms with Crippen LogP contribution < -0.4 is 4.74 Å². The van der Waals surface area contributed by atoms with Crippen molar-refractivity contribution in [2.24, 2.45) is 0 Å². The number of imidazole rings is 1. The lowest BCUT2D eigenvalue weighted by atomic mass is 10.0. The van der Waals surface area contributed by atoms with E-state index < -0.39 is 17.9 Å². The number of aryl methyl sites for hydroxylation is 1. The molecule has 4 rings (SSSR count). The van der Waals surface area contributed by atoms with Crippen molar-refractivity contribution in [2.75, 3.05) is 0 Å². The van der Waals surface area contributed by atoms with Gasteiger partial charge < -0.3 is 9.14 Å². The first-order valence-corrected chi connectivity index (χ1v) is 7.19. The maximum absolute atomic E-state index is 14.3. The Bertz CT molecular complexity index is 1100. The third-order valence-electron chi connectivity index (χ3n) is 3.74. The van der Waals surface area contributed by atoms with Gasteiger partial charge in [0.1, 0.15) is 11.2 Å². The van der Waals surface area contributed by atoms with Crippen LogP contribution in [0.25, 0.3) is 27.7 Å². The molecule has 25 heavy (non-hydrogen) atoms. The third kappa shape index (κ3) is 2.67. The van der Waals surface area contributed by atoms with Gasteiger partial charge in [-0.3, -0.25) is 5.10 Å². The first kappa shape index (κ1) is 15.4. The molecule has 0 unspecified atom stereocenters. The minimum atomic E-state index is -5.01. The van der Waals surface area contributed by atoms with E-state index in [9.17, 15) is 17.6 Å². The number of halogens is 4. The highest BCUT2D eigenvalue weighted by Crippen LogP contribution is 2.38. The predicted molar refractivity (Wildman–Crippen MR) is 81.7 cm³/mol. The van der Waals surface area contributed by atoms with E-state index in [2.05, 4.69) is 19.9 Å². The molecule has 0 saturated carbocycles. The number of H-pyrrole nitrogens is 1. The number of rotatable bonds is 2. The largest absolute Gasteiger partial charge is 0.573 e. The van der Waals surface area contributed by atoms with Crippen molar-refractivity contribution < 1.29 is 22.3 Å². The maximum Gasteiger partial charge on any atom is 0.573 e. The Morgan fingerprint density at radius 3 is 2.76 bits per heavy atom. The normalized spacial score (nSPS) is 12.2. The van der Waals surface area contributed by atoms with Crippen molar-refractivity contribution in [1.29, 1.82) is 0 Å². The molecule has 0 aliphatic rings. The standard InChI is InChI=1S/C16H10F4N4O/c1-8-6-24-7-9(2-3-13(24)22-8)10-4-12(17)15(25-16(18,19)20)14-11(10)5-21-23-14/h2-7H,1H3,(H,21,23). The van der Waals surface area contributed by atoms with Crippen LogP contribution in [0.1, 0.15) is 5.69 Å². The summed E-state index contributed by atoms with van der Waals surface area (Å²) in [6.45, 7) is 1.84. The van der Waals surface area contributed by atoms with Gasteiger partial charge in [-0.15, -0.1) is 13.2 Å². The number of aromatic amines is 1. The lowest BCUT2D eigenvalue weighted by Crippen LogP contribution is -2.18. The Morgan fingerprint density at radius 1 is 1.20 bits per heavy atom. The lowest BCUT2D eigenvalue weighted by molar-refractivity contribution is -0.275. The number of fused-ring (bicyclic) bond motifs is 2. The van der Waals surface area contributed by atoms with Gasteiger partial charge in [0.05, 0.1) is 11.9 Å². The van der Waals surface area contributed by atoms with Crippen LogP contribution in [0, 0.1) is 12.7 Å². The van der Waals surface area contributed by atoms with E-state index in [-0.39, 0.29) is 5.52 Å². The summed E-state index contributed by atoms with van der Waals surface area (Å²) in [7, 11) is 0. The minimum Gasteiger partial charge on any atom is -0.400 e. The highest BCUT2D eigenvalue weighted by molar-refractivity contribution is 5.97. The van der Waals surface area contributed by atoms with Gasteiger partial charge in [-0.25, -0.2) is 9.37 Å². The van der Waals surface area contributed by atoms with E-state index in [1.807, 2.05) is 6.92 Å². The molecule has 0 saturated heterocycles. The van der Waals surface area contributed by atoms with Gasteiger partial charge in [0.25, 0.3) is 0 Å². The van der Waals surface area contributed by atoms with E-state index in [0.717, 1.165) is 11.8 Å². The third-order valence-corrected chi connectivity index (χ3v) is 3.74. The second kappa shape index (κ2) is 5.20. The first-order chi connectivity index (χ1) is 11.8. The van der Waals surface area contributed by atoms with Crippen LogP contribution in [0.2, 0.25) is 0 Å². The van der Waals surface area contributed by atoms with E-state index in [1.165, 1.54) is 6.20 Å². The number of benzene rings is 1. The monoisotopic (exact) mass is 350 g/mol. The Morgan fingerprint density at radius 2 is 2.00 bits per heavy atom. The summed E-state index contributed by atoms with van der Waals surface area (Å²) in [6.07, 6.45) is -0.159. The Balaban J connectivity index is 1.92. The predicted octanol–water partition coefficient (Wildman–Crippen LogP) is 4.22. The number of hydrogen-bond acceptors (Lipinski definition) is 3. The smallest absolute Gasteiger partial charge is 0.400 e. The van der Waals surface area contributed by atoms with Gasteiger partial charge in [0.2, 0.25) is 0 Å². The average Bonchev–Trinajstić information content (AvgIpc) is 3.13. The van der Waals surface area contributed by atoms with Crippen molar-refractivity contribution in [3.63, 3.8) is 0 Å². The molecule has 0 amide bonds. The first-order valence-electron chi connectivity index (χ1n) is 7.19. The highest BCUT2D eigenvalue weighted by atomic mass is 19.4. The van der Waals surface area contributed by atoms with Gasteiger partial charge >= 0.3 is 6.36 Å². The second-order valence-corrected chi connectivity index (χ2v) is 5.51. The van der Waals surface area contributed by atoms with Gasteiger partial charge in [0, 0.05) is 17.8 Å². The highest BCUT2D eigenvalue weighted by Gasteiger charge is 2.34. The summed E-state index contributed by atoms with van der Waals surface area (Å²) in [5.74, 6) is -2.06. The fourth-order valence-electron chi connectivity index (χ4n) is 2.79. The van der Waals surface area contributed by atoms with Gasteiger partial charge in [0.15, 0.2) is 11.6 Å². The molecule has 3 heterocycles. The molecule has 128 valence electrons. The molecule has 0 radical (unpaired) electrons. The molecule has 4 aromatic rings. The zero-order valence-electron chi connectivity index (χ0n) is 12.7. The van der Waals surface area contributed by atoms with Crippen LogP contribution in [0.15, 0.2) is 36.8 Å². The summed E-state index contributed by atoms with van der Waals surface area (Å²) < 4.78 is 57.4. The summed E-state index contributed by atoms with van der Waals surface area (Å²) >= 11 is 0. The Labute approximate surface area is 137 Å². The number of nitrogens with zero attached hydrogens (tertiary/aromatic N) is 3. The zero-order valence-corrected chi connectivity index (χ0v) is 12.7. The van der Waals surface area contributed by atoms with Crippen molar-refractivity contribution >= 4 is 16.6 Å². The molecule has 0 bridgehead atoms. The van der Waals surface area contributed by atoms with Gasteiger partial charge in [-0.1, -0.05) is 0 Å². The number of aromatic nitrogens is 4. The molecular formula is C16H10F4N4O. The van der Waals surface area contributed by atoms with Crippen LogP contribution in [0.5, 0.6) is 5.75 Å². The Hall–Kier alpha value is -3.10. The second-order valence-electron chi connectivity index (χ2n) is 5.51. The number of nitrogens with one attached hydrogen (secondary N) is 1. The number of ether oxygens (including phenoxy) is 1. The molecule has 0 fully saturated rings. The SMILES string of the molecule is Cc1cn2cc(-c3cc(F)c(OC(F)(F)F)c4[nH]ncc34)ccc2n1. The average molecular weight is 350 g/mol. The summed E-state index contributed by atoms with van der Waals surface area (Å²) in [5, 5.41) is 6.41. The summed E-state index contributed by atoms with van der Waals surface area (Å²) in [4.78, 5) is 4.30. The summed E-state index contributed by atoms with van der Waals surface area (Å²) in [5.41, 5.74) is 2.36. The van der Waals surface area contributed by atoms with Crippen LogP contribution >= 0.6 is 0 Å². The van der Waals surface area contributed by atoms with Gasteiger partial charge in [-0.2, -0.15) is 5.10 Å². The van der Waals surface area contributed by atoms with Crippen molar-refractivity contribution in [1.82, 2.24) is 19.6 Å². The quantitative estimate of drug-likeness (QED) is 0.551. The fourth-order valence-corrected chi connectivity index (χ4v) is 2.79. The molecule has 0 atom stereocenters. The lowest BCUT2D eigenvalue weighted by Gasteiger charge is -2.12. The summed E-state index contributed by atoms with van der Waals surface area (Å²) in [6, 6.07) is 4.46. The number of pyridine rings is 1. The fraction of sp³-hybridized carbons (Fsp3) is 0.125. The van der Waals surface area contributed by atoms with Crippen molar-refractivity contribution in [3.8, 4) is 16.9 Å². The van der Waals surface area contributed by atoms with Crippen LogP contribution in [0.4, 0.5) is 17.6 Å². The molecule has 1 aromatic carbocycles. The minimum absolute atomic E-state index is 0.158. The number of hydrogen-bond donors (Lipinski definition) is 1. The molecule has 1 N–H and O–H groups in total. The topological polar surface area (TPSA) is 55.2 Å². The molecule has 0 aliphatic carbocycles. The number of alkyl halides is 3. The molecule has 0 spiro atoms. The molecule has 3 aromatic heterocycles. The molecule has 9 heteroatoms. The van der Waals surface area contributed by atoms with E-state index in [0.29, 0.717) is 22.2 Å². The van der Waals surface area contributed by atoms with Crippen molar-refractivity contribution in [3.05, 3.63) is 48.3 Å². The molecule has 0 aliphatic heterocycles. The van der Waals surface area contributed by atoms with E-state index in [1.54, 1.807) is 28.9 Å². The van der Waals surface area contributed by atoms with Crippen LogP contribution in [0.3, 0.4) is 0 Å². The van der Waals surface area contributed by atoms with Crippen molar-refractivity contribution in [2.45, 2.75) is 13.3 Å².